The predicted octanol–water partition coefficient (Wildman–Crippen LogP) is 3.21. The Balaban J connectivity index is 1.56. The number of thiazole rings is 1. The molecule has 0 saturated carbocycles. The molecule has 2 aromatic carbocycles. The number of aromatic nitrogens is 3. The maximum absolute atomic E-state index is 14.1. The summed E-state index contributed by atoms with van der Waals surface area (Å²) < 4.78 is 21.7. The van der Waals surface area contributed by atoms with Crippen LogP contribution in [0.4, 0.5) is 15.9 Å². The lowest BCUT2D eigenvalue weighted by Gasteiger charge is -2.31. The molecule has 2 aliphatic rings. The number of fused-ring (bicyclic) bond motifs is 5. The zero-order valence-corrected chi connectivity index (χ0v) is 16.9. The van der Waals surface area contributed by atoms with Gasteiger partial charge in [0.15, 0.2) is 0 Å². The largest absolute Gasteiger partial charge is 0.497 e. The van der Waals surface area contributed by atoms with Crippen LogP contribution in [0.25, 0.3) is 15.3 Å². The Kier molecular flexibility index (Phi) is 3.55. The lowest BCUT2D eigenvalue weighted by Crippen LogP contribution is -2.43. The van der Waals surface area contributed by atoms with Crippen molar-refractivity contribution in [3.63, 3.8) is 0 Å². The lowest BCUT2D eigenvalue weighted by molar-refractivity contribution is -0.125. The summed E-state index contributed by atoms with van der Waals surface area (Å²) in [6.45, 7) is 0. The number of halogens is 1. The number of ether oxygens (including phenoxy) is 1. The van der Waals surface area contributed by atoms with Crippen LogP contribution < -0.4 is 15.4 Å². The fourth-order valence-electron chi connectivity index (χ4n) is 4.32. The van der Waals surface area contributed by atoms with Gasteiger partial charge in [0, 0.05) is 17.7 Å². The van der Waals surface area contributed by atoms with Crippen LogP contribution in [0.5, 0.6) is 5.75 Å². The van der Waals surface area contributed by atoms with Gasteiger partial charge in [-0.25, -0.2) is 9.37 Å². The van der Waals surface area contributed by atoms with E-state index in [4.69, 9.17) is 4.74 Å². The van der Waals surface area contributed by atoms with E-state index in [0.29, 0.717) is 33.5 Å². The van der Waals surface area contributed by atoms with Crippen LogP contribution in [0.15, 0.2) is 42.6 Å². The summed E-state index contributed by atoms with van der Waals surface area (Å²) in [5, 5.41) is 10.6. The highest BCUT2D eigenvalue weighted by Gasteiger charge is 2.54. The molecule has 0 aliphatic carbocycles. The lowest BCUT2D eigenvalue weighted by atomic mass is 9.72. The van der Waals surface area contributed by atoms with Crippen LogP contribution in [-0.4, -0.2) is 33.7 Å². The van der Waals surface area contributed by atoms with E-state index >= 15 is 0 Å². The molecule has 4 heterocycles. The van der Waals surface area contributed by atoms with Gasteiger partial charge >= 0.3 is 0 Å². The van der Waals surface area contributed by atoms with Crippen molar-refractivity contribution < 1.29 is 18.7 Å². The first-order valence-corrected chi connectivity index (χ1v) is 10.3. The Morgan fingerprint density at radius 1 is 1.16 bits per heavy atom. The molecule has 0 saturated heterocycles. The standard InChI is InChI=1S/C21H14FN5O3S/c1-30-11-3-5-15-16(7-11)31-20(25-15)27-18-13(9-23-27)21(8-17(28)26-18)12-6-10(22)2-4-14(12)24-19(21)29/h2-7,9H,8H2,1H3,(H,24,29)(H,26,28). The van der Waals surface area contributed by atoms with E-state index in [-0.39, 0.29) is 18.2 Å². The Morgan fingerprint density at radius 2 is 2.03 bits per heavy atom. The summed E-state index contributed by atoms with van der Waals surface area (Å²) in [7, 11) is 1.59. The fraction of sp³-hybridized carbons (Fsp3) is 0.143. The third kappa shape index (κ3) is 2.39. The SMILES string of the molecule is COc1ccc2nc(-n3ncc4c3NC(=O)CC43C(=O)Nc4ccc(F)cc43)sc2c1. The van der Waals surface area contributed by atoms with Crippen molar-refractivity contribution in [1.29, 1.82) is 0 Å². The van der Waals surface area contributed by atoms with E-state index in [1.807, 2.05) is 18.2 Å². The number of methoxy groups -OCH3 is 1. The minimum Gasteiger partial charge on any atom is -0.497 e. The van der Waals surface area contributed by atoms with E-state index in [0.717, 1.165) is 10.2 Å². The van der Waals surface area contributed by atoms with Crippen molar-refractivity contribution >= 4 is 44.9 Å². The summed E-state index contributed by atoms with van der Waals surface area (Å²) in [6.07, 6.45) is 1.41. The molecular weight excluding hydrogens is 421 g/mol. The van der Waals surface area contributed by atoms with Crippen LogP contribution in [0.3, 0.4) is 0 Å². The van der Waals surface area contributed by atoms with Crippen LogP contribution in [-0.2, 0) is 15.0 Å². The fourth-order valence-corrected chi connectivity index (χ4v) is 5.28. The number of hydrogen-bond acceptors (Lipinski definition) is 6. The number of rotatable bonds is 2. The molecule has 4 aromatic rings. The summed E-state index contributed by atoms with van der Waals surface area (Å²) in [4.78, 5) is 30.4. The van der Waals surface area contributed by atoms with Crippen molar-refractivity contribution in [1.82, 2.24) is 14.8 Å². The monoisotopic (exact) mass is 435 g/mol. The number of carbonyl (C=O) groups is 2. The summed E-state index contributed by atoms with van der Waals surface area (Å²) in [6, 6.07) is 9.62. The molecule has 10 heteroatoms. The Bertz CT molecular complexity index is 1430. The Hall–Kier alpha value is -3.79. The molecule has 2 aromatic heterocycles. The van der Waals surface area contributed by atoms with Gasteiger partial charge in [0.25, 0.3) is 0 Å². The van der Waals surface area contributed by atoms with Gasteiger partial charge < -0.3 is 15.4 Å². The van der Waals surface area contributed by atoms with E-state index in [1.165, 1.54) is 34.2 Å². The van der Waals surface area contributed by atoms with Crippen molar-refractivity contribution in [2.24, 2.45) is 0 Å². The average molecular weight is 435 g/mol. The van der Waals surface area contributed by atoms with E-state index < -0.39 is 11.2 Å². The average Bonchev–Trinajstić information content (AvgIpc) is 3.43. The number of anilines is 2. The summed E-state index contributed by atoms with van der Waals surface area (Å²) in [5.74, 6) is -0.148. The zero-order valence-electron chi connectivity index (χ0n) is 16.1. The van der Waals surface area contributed by atoms with Gasteiger partial charge in [-0.1, -0.05) is 11.3 Å². The van der Waals surface area contributed by atoms with Gasteiger partial charge in [-0.3, -0.25) is 9.59 Å². The van der Waals surface area contributed by atoms with Crippen molar-refractivity contribution in [3.05, 3.63) is 59.5 Å². The normalized spacial score (nSPS) is 19.3. The number of nitrogens with one attached hydrogen (secondary N) is 2. The maximum Gasteiger partial charge on any atom is 0.240 e. The van der Waals surface area contributed by atoms with Gasteiger partial charge in [-0.05, 0) is 42.0 Å². The number of nitrogens with zero attached hydrogens (tertiary/aromatic N) is 3. The van der Waals surface area contributed by atoms with Crippen molar-refractivity contribution in [3.8, 4) is 10.9 Å². The second-order valence-electron chi connectivity index (χ2n) is 7.42. The first-order valence-electron chi connectivity index (χ1n) is 9.44. The third-order valence-electron chi connectivity index (χ3n) is 5.76. The zero-order chi connectivity index (χ0) is 21.3. The predicted molar refractivity (Wildman–Crippen MR) is 112 cm³/mol. The molecule has 6 rings (SSSR count). The highest BCUT2D eigenvalue weighted by Crippen LogP contribution is 2.50. The maximum atomic E-state index is 14.1. The molecule has 1 atom stereocenters. The van der Waals surface area contributed by atoms with Gasteiger partial charge in [-0.15, -0.1) is 0 Å². The molecule has 8 nitrogen and oxygen atoms in total. The third-order valence-corrected chi connectivity index (χ3v) is 6.75. The minimum atomic E-state index is -1.34. The van der Waals surface area contributed by atoms with Crippen LogP contribution in [0, 0.1) is 5.82 Å². The molecule has 0 fully saturated rings. The number of benzene rings is 2. The van der Waals surface area contributed by atoms with Crippen molar-refractivity contribution in [2.75, 3.05) is 17.7 Å². The van der Waals surface area contributed by atoms with E-state index in [2.05, 4.69) is 20.7 Å². The number of carbonyl (C=O) groups excluding carboxylic acids is 2. The molecule has 31 heavy (non-hydrogen) atoms. The van der Waals surface area contributed by atoms with Crippen LogP contribution in [0.2, 0.25) is 0 Å². The quantitative estimate of drug-likeness (QED) is 0.504. The highest BCUT2D eigenvalue weighted by molar-refractivity contribution is 7.20. The molecule has 0 bridgehead atoms. The molecule has 1 unspecified atom stereocenters. The molecular formula is C21H14FN5O3S. The number of hydrogen-bond donors (Lipinski definition) is 2. The summed E-state index contributed by atoms with van der Waals surface area (Å²) >= 11 is 1.38. The minimum absolute atomic E-state index is 0.134. The van der Waals surface area contributed by atoms with E-state index in [9.17, 15) is 14.0 Å². The Morgan fingerprint density at radius 3 is 2.87 bits per heavy atom. The Labute approximate surface area is 178 Å². The van der Waals surface area contributed by atoms with E-state index in [1.54, 1.807) is 13.3 Å². The molecule has 1 spiro atoms. The summed E-state index contributed by atoms with van der Waals surface area (Å²) in [5.41, 5.74) is 0.848. The van der Waals surface area contributed by atoms with Gasteiger partial charge in [0.1, 0.15) is 22.8 Å². The topological polar surface area (TPSA) is 98.1 Å². The molecule has 154 valence electrons. The van der Waals surface area contributed by atoms with Gasteiger partial charge in [0.2, 0.25) is 16.9 Å². The first kappa shape index (κ1) is 18.0. The van der Waals surface area contributed by atoms with Crippen LogP contribution >= 0.6 is 11.3 Å². The second kappa shape index (κ2) is 6.11. The second-order valence-corrected chi connectivity index (χ2v) is 8.43. The van der Waals surface area contributed by atoms with Crippen LogP contribution in [0.1, 0.15) is 17.5 Å². The molecule has 2 N–H and O–H groups in total. The first-order chi connectivity index (χ1) is 15.0. The highest BCUT2D eigenvalue weighted by atomic mass is 32.1. The molecule has 2 aliphatic heterocycles. The van der Waals surface area contributed by atoms with Gasteiger partial charge in [-0.2, -0.15) is 9.78 Å². The number of amides is 2. The molecule has 0 radical (unpaired) electrons. The van der Waals surface area contributed by atoms with Crippen molar-refractivity contribution in [2.45, 2.75) is 11.8 Å². The smallest absolute Gasteiger partial charge is 0.240 e. The van der Waals surface area contributed by atoms with Gasteiger partial charge in [0.05, 0.1) is 23.5 Å². The molecule has 2 amide bonds.